The van der Waals surface area contributed by atoms with Crippen molar-refractivity contribution in [2.75, 3.05) is 5.73 Å². The van der Waals surface area contributed by atoms with Crippen LogP contribution in [0.25, 0.3) is 5.69 Å². The van der Waals surface area contributed by atoms with E-state index in [4.69, 9.17) is 5.73 Å². The molecule has 0 unspecified atom stereocenters. The zero-order chi connectivity index (χ0) is 12.6. The molecule has 0 aliphatic rings. The lowest BCUT2D eigenvalue weighted by Crippen LogP contribution is -2.25. The number of anilines is 1. The normalized spacial score (nSPS) is 11.1. The van der Waals surface area contributed by atoms with Gasteiger partial charge in [-0.2, -0.15) is 0 Å². The van der Waals surface area contributed by atoms with Gasteiger partial charge in [0.15, 0.2) is 0 Å². The highest BCUT2D eigenvalue weighted by atomic mass is 16.1. The van der Waals surface area contributed by atoms with Gasteiger partial charge in [-0.25, -0.2) is 4.68 Å². The predicted octanol–water partition coefficient (Wildman–Crippen LogP) is 2.11. The van der Waals surface area contributed by atoms with Crippen LogP contribution in [-0.4, -0.2) is 9.36 Å². The maximum Gasteiger partial charge on any atom is 0.290 e. The van der Waals surface area contributed by atoms with Gasteiger partial charge in [-0.1, -0.05) is 18.2 Å². The highest BCUT2D eigenvalue weighted by Crippen LogP contribution is 2.17. The van der Waals surface area contributed by atoms with Gasteiger partial charge in [0.25, 0.3) is 5.56 Å². The number of para-hydroxylation sites is 1. The Morgan fingerprint density at radius 3 is 2.29 bits per heavy atom. The van der Waals surface area contributed by atoms with E-state index in [2.05, 4.69) is 0 Å². The van der Waals surface area contributed by atoms with Gasteiger partial charge in [0.2, 0.25) is 0 Å². The van der Waals surface area contributed by atoms with Crippen molar-refractivity contribution in [2.24, 2.45) is 0 Å². The third-order valence-electron chi connectivity index (χ3n) is 2.85. The van der Waals surface area contributed by atoms with Crippen molar-refractivity contribution in [3.05, 3.63) is 46.4 Å². The maximum atomic E-state index is 12.0. The third-order valence-corrected chi connectivity index (χ3v) is 2.85. The molecule has 90 valence electrons. The summed E-state index contributed by atoms with van der Waals surface area (Å²) in [7, 11) is 0. The second-order valence-corrected chi connectivity index (χ2v) is 4.39. The Labute approximate surface area is 100 Å². The molecule has 1 aromatic heterocycles. The first-order valence-electron chi connectivity index (χ1n) is 5.69. The Balaban J connectivity index is 2.78. The van der Waals surface area contributed by atoms with Crippen LogP contribution in [0.1, 0.15) is 25.6 Å². The van der Waals surface area contributed by atoms with Crippen molar-refractivity contribution in [1.82, 2.24) is 9.36 Å². The second-order valence-electron chi connectivity index (χ2n) is 4.39. The minimum absolute atomic E-state index is 0.0682. The topological polar surface area (TPSA) is 53.0 Å². The monoisotopic (exact) mass is 231 g/mol. The Bertz CT molecular complexity index is 579. The largest absolute Gasteiger partial charge is 0.393 e. The molecule has 0 aliphatic carbocycles. The van der Waals surface area contributed by atoms with Crippen LogP contribution in [0.5, 0.6) is 0 Å². The molecule has 1 aromatic carbocycles. The van der Waals surface area contributed by atoms with Crippen LogP contribution < -0.4 is 11.3 Å². The Morgan fingerprint density at radius 2 is 1.76 bits per heavy atom. The van der Waals surface area contributed by atoms with E-state index >= 15 is 0 Å². The summed E-state index contributed by atoms with van der Waals surface area (Å²) >= 11 is 0. The molecule has 17 heavy (non-hydrogen) atoms. The van der Waals surface area contributed by atoms with Crippen molar-refractivity contribution >= 4 is 5.69 Å². The number of nitrogens with two attached hydrogens (primary N) is 1. The Hall–Kier alpha value is -1.97. The van der Waals surface area contributed by atoms with E-state index in [0.717, 1.165) is 11.4 Å². The number of rotatable bonds is 2. The maximum absolute atomic E-state index is 12.0. The van der Waals surface area contributed by atoms with Crippen molar-refractivity contribution < 1.29 is 0 Å². The lowest BCUT2D eigenvalue weighted by atomic mass is 10.3. The summed E-state index contributed by atoms with van der Waals surface area (Å²) in [4.78, 5) is 12.0. The minimum Gasteiger partial charge on any atom is -0.393 e. The molecule has 0 amide bonds. The highest BCUT2D eigenvalue weighted by Gasteiger charge is 2.17. The molecule has 0 bridgehead atoms. The molecule has 0 saturated carbocycles. The van der Waals surface area contributed by atoms with Gasteiger partial charge in [-0.05, 0) is 32.9 Å². The van der Waals surface area contributed by atoms with Crippen molar-refractivity contribution in [3.8, 4) is 5.69 Å². The molecule has 1 heterocycles. The summed E-state index contributed by atoms with van der Waals surface area (Å²) in [6.45, 7) is 5.81. The second kappa shape index (κ2) is 4.13. The smallest absolute Gasteiger partial charge is 0.290 e. The van der Waals surface area contributed by atoms with Crippen molar-refractivity contribution in [3.63, 3.8) is 0 Å². The summed E-state index contributed by atoms with van der Waals surface area (Å²) in [5.74, 6) is 0. The summed E-state index contributed by atoms with van der Waals surface area (Å²) in [5, 5.41) is 0. The number of nitrogens with zero attached hydrogens (tertiary/aromatic N) is 2. The molecule has 4 heteroatoms. The van der Waals surface area contributed by atoms with Gasteiger partial charge in [0, 0.05) is 6.04 Å². The van der Waals surface area contributed by atoms with E-state index in [9.17, 15) is 4.79 Å². The zero-order valence-electron chi connectivity index (χ0n) is 10.3. The molecule has 0 radical (unpaired) electrons. The summed E-state index contributed by atoms with van der Waals surface area (Å²) in [5.41, 5.74) is 7.76. The molecule has 0 saturated heterocycles. The van der Waals surface area contributed by atoms with Crippen molar-refractivity contribution in [2.45, 2.75) is 26.8 Å². The van der Waals surface area contributed by atoms with E-state index in [-0.39, 0.29) is 11.6 Å². The molecule has 0 aliphatic heterocycles. The first-order valence-corrected chi connectivity index (χ1v) is 5.69. The van der Waals surface area contributed by atoms with Crippen LogP contribution in [0.15, 0.2) is 35.1 Å². The fraction of sp³-hybridized carbons (Fsp3) is 0.308. The molecule has 2 aromatic rings. The predicted molar refractivity (Wildman–Crippen MR) is 69.6 cm³/mol. The minimum atomic E-state index is -0.124. The van der Waals surface area contributed by atoms with Gasteiger partial charge in [-0.3, -0.25) is 9.48 Å². The fourth-order valence-electron chi connectivity index (χ4n) is 2.00. The summed E-state index contributed by atoms with van der Waals surface area (Å²) < 4.78 is 3.56. The molecule has 2 N–H and O–H groups in total. The summed E-state index contributed by atoms with van der Waals surface area (Å²) in [6, 6.07) is 9.83. The molecule has 0 spiro atoms. The van der Waals surface area contributed by atoms with E-state index in [1.165, 1.54) is 0 Å². The number of aromatic nitrogens is 2. The number of benzene rings is 1. The standard InChI is InChI=1S/C13H17N3O/c1-9(2)15-13(17)12(14)10(3)16(15)11-7-5-4-6-8-11/h4-9H,14H2,1-3H3. The van der Waals surface area contributed by atoms with E-state index in [1.807, 2.05) is 55.8 Å². The molecular formula is C13H17N3O. The van der Waals surface area contributed by atoms with Crippen LogP contribution in [0.4, 0.5) is 5.69 Å². The van der Waals surface area contributed by atoms with Crippen LogP contribution in [0, 0.1) is 6.92 Å². The first-order chi connectivity index (χ1) is 8.04. The lowest BCUT2D eigenvalue weighted by Gasteiger charge is -2.16. The van der Waals surface area contributed by atoms with Gasteiger partial charge >= 0.3 is 0 Å². The van der Waals surface area contributed by atoms with Crippen LogP contribution in [-0.2, 0) is 0 Å². The molecule has 0 atom stereocenters. The average Bonchev–Trinajstić information content (AvgIpc) is 2.55. The van der Waals surface area contributed by atoms with E-state index < -0.39 is 0 Å². The summed E-state index contributed by atoms with van der Waals surface area (Å²) in [6.07, 6.45) is 0. The molecule has 4 nitrogen and oxygen atoms in total. The molecule has 0 fully saturated rings. The van der Waals surface area contributed by atoms with E-state index in [1.54, 1.807) is 4.68 Å². The lowest BCUT2D eigenvalue weighted by molar-refractivity contribution is 0.465. The van der Waals surface area contributed by atoms with Gasteiger partial charge in [-0.15, -0.1) is 0 Å². The van der Waals surface area contributed by atoms with Crippen molar-refractivity contribution in [1.29, 1.82) is 0 Å². The quantitative estimate of drug-likeness (QED) is 0.860. The van der Waals surface area contributed by atoms with Gasteiger partial charge in [0.1, 0.15) is 5.69 Å². The fourth-order valence-corrected chi connectivity index (χ4v) is 2.00. The average molecular weight is 231 g/mol. The van der Waals surface area contributed by atoms with E-state index in [0.29, 0.717) is 5.69 Å². The number of hydrogen-bond acceptors (Lipinski definition) is 2. The highest BCUT2D eigenvalue weighted by molar-refractivity contribution is 5.46. The number of nitrogen functional groups attached to an aromatic ring is 1. The zero-order valence-corrected chi connectivity index (χ0v) is 10.3. The molecule has 2 rings (SSSR count). The van der Waals surface area contributed by atoms with Crippen LogP contribution in [0.3, 0.4) is 0 Å². The van der Waals surface area contributed by atoms with Gasteiger partial charge in [0.05, 0.1) is 11.4 Å². The van der Waals surface area contributed by atoms with Gasteiger partial charge < -0.3 is 5.73 Å². The molecular weight excluding hydrogens is 214 g/mol. The van der Waals surface area contributed by atoms with Crippen LogP contribution in [0.2, 0.25) is 0 Å². The number of hydrogen-bond donors (Lipinski definition) is 1. The third kappa shape index (κ3) is 1.75. The SMILES string of the molecule is Cc1c(N)c(=O)n(C(C)C)n1-c1ccccc1. The Morgan fingerprint density at radius 1 is 1.18 bits per heavy atom. The first kappa shape index (κ1) is 11.5. The van der Waals surface area contributed by atoms with Crippen LogP contribution >= 0.6 is 0 Å². The Kier molecular flexibility index (Phi) is 2.79.